The van der Waals surface area contributed by atoms with Gasteiger partial charge in [0.15, 0.2) is 0 Å². The molecule has 0 saturated carbocycles. The molecule has 0 aliphatic carbocycles. The maximum absolute atomic E-state index is 11.0. The predicted molar refractivity (Wildman–Crippen MR) is 52.9 cm³/mol. The summed E-state index contributed by atoms with van der Waals surface area (Å²) in [5.74, 6) is -0.515. The van der Waals surface area contributed by atoms with E-state index in [4.69, 9.17) is 5.73 Å². The minimum atomic E-state index is -0.515. The Labute approximate surface area is 79.9 Å². The van der Waals surface area contributed by atoms with Crippen molar-refractivity contribution in [2.75, 3.05) is 0 Å². The molecule has 0 spiro atoms. The van der Waals surface area contributed by atoms with E-state index in [1.54, 1.807) is 22.7 Å². The van der Waals surface area contributed by atoms with Gasteiger partial charge >= 0.3 is 0 Å². The highest BCUT2D eigenvalue weighted by Gasteiger charge is 2.07. The molecule has 0 aromatic carbocycles. The third-order valence-corrected chi connectivity index (χ3v) is 1.93. The first-order valence-electron chi connectivity index (χ1n) is 3.96. The maximum Gasteiger partial charge on any atom is 0.267 e. The van der Waals surface area contributed by atoms with Gasteiger partial charge in [0.2, 0.25) is 0 Å². The number of nitrogens with zero attached hydrogens (tertiary/aromatic N) is 3. The van der Waals surface area contributed by atoms with Crippen LogP contribution in [0.2, 0.25) is 0 Å². The van der Waals surface area contributed by atoms with Gasteiger partial charge in [-0.1, -0.05) is 0 Å². The number of fused-ring (bicyclic) bond motifs is 1. The van der Waals surface area contributed by atoms with Crippen molar-refractivity contribution >= 4 is 24.0 Å². The van der Waals surface area contributed by atoms with Gasteiger partial charge in [-0.25, -0.2) is 4.98 Å². The summed E-state index contributed by atoms with van der Waals surface area (Å²) in [6.07, 6.45) is 3.10. The molecule has 0 radical (unpaired) electrons. The molecular formula is C9H8N4O. The minimum Gasteiger partial charge on any atom is -0.364 e. The molecule has 2 aromatic rings. The van der Waals surface area contributed by atoms with E-state index in [0.29, 0.717) is 17.0 Å². The lowest BCUT2D eigenvalue weighted by atomic mass is 10.4. The van der Waals surface area contributed by atoms with Crippen LogP contribution in [0.1, 0.15) is 10.5 Å². The summed E-state index contributed by atoms with van der Waals surface area (Å²) in [5.41, 5.74) is 6.83. The van der Waals surface area contributed by atoms with Crippen molar-refractivity contribution in [2.24, 2.45) is 10.7 Å². The van der Waals surface area contributed by atoms with Gasteiger partial charge in [-0.05, 0) is 18.9 Å². The number of pyridine rings is 1. The first kappa shape index (κ1) is 8.43. The Balaban J connectivity index is 2.75. The van der Waals surface area contributed by atoms with Gasteiger partial charge in [-0.3, -0.25) is 14.2 Å². The third-order valence-electron chi connectivity index (χ3n) is 1.93. The van der Waals surface area contributed by atoms with E-state index in [2.05, 4.69) is 16.7 Å². The quantitative estimate of drug-likeness (QED) is 0.707. The first-order valence-corrected chi connectivity index (χ1v) is 3.96. The zero-order chi connectivity index (χ0) is 10.1. The molecule has 0 aliphatic rings. The fraction of sp³-hybridized carbons (Fsp3) is 0. The number of nitrogens with two attached hydrogens (primary N) is 1. The Morgan fingerprint density at radius 3 is 3.00 bits per heavy atom. The first-order chi connectivity index (χ1) is 6.72. The Kier molecular flexibility index (Phi) is 1.78. The molecule has 0 unspecified atom stereocenters. The van der Waals surface area contributed by atoms with Crippen LogP contribution in [-0.4, -0.2) is 22.0 Å². The number of hydrogen-bond donors (Lipinski definition) is 1. The van der Waals surface area contributed by atoms with E-state index in [0.717, 1.165) is 0 Å². The van der Waals surface area contributed by atoms with E-state index in [1.165, 1.54) is 6.20 Å². The van der Waals surface area contributed by atoms with Crippen molar-refractivity contribution in [1.29, 1.82) is 0 Å². The van der Waals surface area contributed by atoms with E-state index in [-0.39, 0.29) is 0 Å². The number of carbonyl (C=O) groups excluding carboxylic acids is 1. The monoisotopic (exact) mass is 188 g/mol. The minimum absolute atomic E-state index is 0.338. The molecular weight excluding hydrogens is 180 g/mol. The number of primary amides is 1. The SMILES string of the molecule is C=Nc1ccc2ncc(C(N)=O)n2c1. The molecule has 5 nitrogen and oxygen atoms in total. The molecule has 5 heteroatoms. The fourth-order valence-electron chi connectivity index (χ4n) is 1.25. The number of rotatable bonds is 2. The summed E-state index contributed by atoms with van der Waals surface area (Å²) in [7, 11) is 0. The van der Waals surface area contributed by atoms with Gasteiger partial charge in [-0.15, -0.1) is 0 Å². The maximum atomic E-state index is 11.0. The summed E-state index contributed by atoms with van der Waals surface area (Å²) in [6, 6.07) is 3.51. The second-order valence-corrected chi connectivity index (χ2v) is 2.78. The number of carbonyl (C=O) groups is 1. The highest BCUT2D eigenvalue weighted by Crippen LogP contribution is 2.14. The molecule has 2 aromatic heterocycles. The van der Waals surface area contributed by atoms with Crippen molar-refractivity contribution < 1.29 is 4.79 Å². The Bertz CT molecular complexity index is 515. The Morgan fingerprint density at radius 2 is 2.36 bits per heavy atom. The molecule has 0 saturated heterocycles. The van der Waals surface area contributed by atoms with Gasteiger partial charge in [0.25, 0.3) is 5.91 Å². The standard InChI is InChI=1S/C9H8N4O/c1-11-6-2-3-8-12-4-7(9(10)14)13(8)5-6/h2-5H,1H2,(H2,10,14). The molecule has 0 aliphatic heterocycles. The summed E-state index contributed by atoms with van der Waals surface area (Å²) in [6.45, 7) is 3.40. The van der Waals surface area contributed by atoms with Gasteiger partial charge in [0, 0.05) is 6.20 Å². The van der Waals surface area contributed by atoms with Crippen LogP contribution in [-0.2, 0) is 0 Å². The summed E-state index contributed by atoms with van der Waals surface area (Å²) in [5, 5.41) is 0. The summed E-state index contributed by atoms with van der Waals surface area (Å²) >= 11 is 0. The zero-order valence-corrected chi connectivity index (χ0v) is 7.34. The summed E-state index contributed by atoms with van der Waals surface area (Å²) < 4.78 is 1.59. The van der Waals surface area contributed by atoms with Crippen LogP contribution in [0.15, 0.2) is 29.5 Å². The van der Waals surface area contributed by atoms with E-state index < -0.39 is 5.91 Å². The lowest BCUT2D eigenvalue weighted by molar-refractivity contribution is 0.0995. The van der Waals surface area contributed by atoms with Gasteiger partial charge in [0.05, 0.1) is 11.9 Å². The van der Waals surface area contributed by atoms with Crippen LogP contribution in [0.4, 0.5) is 5.69 Å². The second-order valence-electron chi connectivity index (χ2n) is 2.78. The largest absolute Gasteiger partial charge is 0.364 e. The molecule has 0 fully saturated rings. The van der Waals surface area contributed by atoms with Crippen LogP contribution < -0.4 is 5.73 Å². The average Bonchev–Trinajstić information content (AvgIpc) is 2.59. The van der Waals surface area contributed by atoms with Crippen LogP contribution in [0.25, 0.3) is 5.65 Å². The molecule has 2 heterocycles. The lowest BCUT2D eigenvalue weighted by Gasteiger charge is -1.98. The van der Waals surface area contributed by atoms with E-state index in [9.17, 15) is 4.79 Å². The third kappa shape index (κ3) is 1.15. The molecule has 70 valence electrons. The number of hydrogen-bond acceptors (Lipinski definition) is 3. The summed E-state index contributed by atoms with van der Waals surface area (Å²) in [4.78, 5) is 18.8. The van der Waals surface area contributed by atoms with E-state index in [1.807, 2.05) is 0 Å². The van der Waals surface area contributed by atoms with Crippen molar-refractivity contribution in [3.8, 4) is 0 Å². The topological polar surface area (TPSA) is 72.8 Å². The molecule has 0 bridgehead atoms. The smallest absolute Gasteiger partial charge is 0.267 e. The van der Waals surface area contributed by atoms with Crippen molar-refractivity contribution in [3.05, 3.63) is 30.2 Å². The predicted octanol–water partition coefficient (Wildman–Crippen LogP) is 0.765. The fourth-order valence-corrected chi connectivity index (χ4v) is 1.25. The van der Waals surface area contributed by atoms with Crippen LogP contribution >= 0.6 is 0 Å². The highest BCUT2D eigenvalue weighted by molar-refractivity contribution is 5.91. The average molecular weight is 188 g/mol. The number of aromatic nitrogens is 2. The van der Waals surface area contributed by atoms with Crippen molar-refractivity contribution in [2.45, 2.75) is 0 Å². The normalized spacial score (nSPS) is 10.3. The molecule has 2 rings (SSSR count). The Hall–Kier alpha value is -2.17. The Morgan fingerprint density at radius 1 is 1.57 bits per heavy atom. The molecule has 2 N–H and O–H groups in total. The van der Waals surface area contributed by atoms with Gasteiger partial charge < -0.3 is 5.73 Å². The highest BCUT2D eigenvalue weighted by atomic mass is 16.1. The van der Waals surface area contributed by atoms with Crippen molar-refractivity contribution in [3.63, 3.8) is 0 Å². The number of imidazole rings is 1. The van der Waals surface area contributed by atoms with Gasteiger partial charge in [0.1, 0.15) is 11.3 Å². The second kappa shape index (κ2) is 2.95. The lowest BCUT2D eigenvalue weighted by Crippen LogP contribution is -2.13. The van der Waals surface area contributed by atoms with Crippen LogP contribution in [0, 0.1) is 0 Å². The van der Waals surface area contributed by atoms with Crippen LogP contribution in [0.5, 0.6) is 0 Å². The number of aliphatic imine (C=N–C) groups is 1. The molecule has 0 atom stereocenters. The van der Waals surface area contributed by atoms with Crippen LogP contribution in [0.3, 0.4) is 0 Å². The number of amides is 1. The molecule has 14 heavy (non-hydrogen) atoms. The van der Waals surface area contributed by atoms with Crippen molar-refractivity contribution in [1.82, 2.24) is 9.38 Å². The zero-order valence-electron chi connectivity index (χ0n) is 7.34. The van der Waals surface area contributed by atoms with Gasteiger partial charge in [-0.2, -0.15) is 0 Å². The van der Waals surface area contributed by atoms with E-state index >= 15 is 0 Å². The molecule has 1 amide bonds.